The number of quaternary nitrogens is 1. The number of likely N-dealkylation sites (N-methyl/N-ethyl adjacent to an activating group) is 1. The van der Waals surface area contributed by atoms with E-state index in [0.29, 0.717) is 29.2 Å². The van der Waals surface area contributed by atoms with Gasteiger partial charge in [0.05, 0.1) is 38.8 Å². The molecule has 0 bridgehead atoms. The van der Waals surface area contributed by atoms with Crippen LogP contribution in [0.5, 0.6) is 0 Å². The maximum absolute atomic E-state index is 12.8. The molecule has 140 valence electrons. The first-order valence-electron chi connectivity index (χ1n) is 8.79. The van der Waals surface area contributed by atoms with Gasteiger partial charge < -0.3 is 14.9 Å². The van der Waals surface area contributed by atoms with Crippen LogP contribution < -0.4 is 4.90 Å². The molecule has 0 saturated carbocycles. The normalized spacial score (nSPS) is 19.1. The Bertz CT molecular complexity index is 893. The Kier molecular flexibility index (Phi) is 5.63. The molecule has 1 heterocycles. The molecule has 27 heavy (non-hydrogen) atoms. The summed E-state index contributed by atoms with van der Waals surface area (Å²) in [6.07, 6.45) is 0. The Morgan fingerprint density at radius 3 is 2.33 bits per heavy atom. The highest BCUT2D eigenvalue weighted by Gasteiger charge is 2.46. The van der Waals surface area contributed by atoms with Crippen molar-refractivity contribution in [1.82, 2.24) is 4.90 Å². The number of aliphatic hydroxyl groups is 1. The van der Waals surface area contributed by atoms with Crippen LogP contribution in [-0.2, 0) is 9.59 Å². The number of halogens is 1. The molecule has 0 radical (unpaired) electrons. The molecule has 1 aliphatic heterocycles. The summed E-state index contributed by atoms with van der Waals surface area (Å²) in [6, 6.07) is 15.2. The topological polar surface area (TPSA) is 62.0 Å². The molecule has 6 heteroatoms. The van der Waals surface area contributed by atoms with Crippen LogP contribution in [0.4, 0.5) is 0 Å². The number of benzene rings is 2. The van der Waals surface area contributed by atoms with Crippen molar-refractivity contribution < 1.29 is 19.6 Å². The first-order valence-corrected chi connectivity index (χ1v) is 9.17. The minimum Gasteiger partial charge on any atom is -0.507 e. The number of nitrogens with zero attached hydrogens (tertiary/aromatic N) is 1. The van der Waals surface area contributed by atoms with Crippen LogP contribution in [0.25, 0.3) is 5.76 Å². The van der Waals surface area contributed by atoms with Gasteiger partial charge in [-0.25, -0.2) is 0 Å². The summed E-state index contributed by atoms with van der Waals surface area (Å²) >= 11 is 6.39. The van der Waals surface area contributed by atoms with Crippen molar-refractivity contribution in [2.45, 2.75) is 6.04 Å². The largest absolute Gasteiger partial charge is 0.507 e. The van der Waals surface area contributed by atoms with E-state index in [1.807, 2.05) is 20.2 Å². The van der Waals surface area contributed by atoms with Crippen molar-refractivity contribution in [2.24, 2.45) is 0 Å². The van der Waals surface area contributed by atoms with E-state index in [1.54, 1.807) is 48.5 Å². The lowest BCUT2D eigenvalue weighted by molar-refractivity contribution is -0.857. The third-order valence-corrected chi connectivity index (χ3v) is 4.98. The third kappa shape index (κ3) is 3.75. The lowest BCUT2D eigenvalue weighted by atomic mass is 9.95. The Balaban J connectivity index is 2.17. The van der Waals surface area contributed by atoms with E-state index >= 15 is 0 Å². The van der Waals surface area contributed by atoms with E-state index in [9.17, 15) is 14.7 Å². The van der Waals surface area contributed by atoms with Crippen molar-refractivity contribution >= 4 is 29.1 Å². The maximum Gasteiger partial charge on any atom is 0.295 e. The molecule has 1 aliphatic rings. The minimum absolute atomic E-state index is 0.0769. The zero-order chi connectivity index (χ0) is 19.6. The summed E-state index contributed by atoms with van der Waals surface area (Å²) < 4.78 is 0. The summed E-state index contributed by atoms with van der Waals surface area (Å²) in [5, 5.41) is 11.3. The fourth-order valence-corrected chi connectivity index (χ4v) is 3.47. The zero-order valence-corrected chi connectivity index (χ0v) is 16.0. The maximum atomic E-state index is 12.8. The SMILES string of the molecule is C[NH+](C)CCN1C(=O)C(=O)/C(=C(/O)c2ccccc2)[C@@H]1c1ccccc1Cl. The first kappa shape index (κ1) is 19.1. The Morgan fingerprint density at radius 2 is 1.70 bits per heavy atom. The average molecular weight is 386 g/mol. The highest BCUT2D eigenvalue weighted by atomic mass is 35.5. The van der Waals surface area contributed by atoms with Crippen LogP contribution in [0.15, 0.2) is 60.2 Å². The predicted octanol–water partition coefficient (Wildman–Crippen LogP) is 1.91. The number of carbonyl (C=O) groups is 2. The number of carbonyl (C=O) groups excluding carboxylic acids is 2. The van der Waals surface area contributed by atoms with Gasteiger partial charge in [-0.05, 0) is 11.6 Å². The van der Waals surface area contributed by atoms with Gasteiger partial charge in [0.2, 0.25) is 0 Å². The zero-order valence-electron chi connectivity index (χ0n) is 15.3. The molecule has 2 aromatic rings. The van der Waals surface area contributed by atoms with Gasteiger partial charge in [0.25, 0.3) is 11.7 Å². The number of amides is 1. The van der Waals surface area contributed by atoms with Crippen molar-refractivity contribution in [3.63, 3.8) is 0 Å². The van der Waals surface area contributed by atoms with Crippen molar-refractivity contribution in [1.29, 1.82) is 0 Å². The van der Waals surface area contributed by atoms with Gasteiger partial charge in [-0.15, -0.1) is 0 Å². The molecule has 3 rings (SSSR count). The molecule has 0 aliphatic carbocycles. The molecular weight excluding hydrogens is 364 g/mol. The monoisotopic (exact) mass is 385 g/mol. The van der Waals surface area contributed by atoms with Crippen molar-refractivity contribution in [2.75, 3.05) is 27.2 Å². The molecule has 2 N–H and O–H groups in total. The number of likely N-dealkylation sites (tertiary alicyclic amines) is 1. The van der Waals surface area contributed by atoms with E-state index in [-0.39, 0.29) is 11.3 Å². The second-order valence-electron chi connectivity index (χ2n) is 6.84. The van der Waals surface area contributed by atoms with E-state index in [4.69, 9.17) is 11.6 Å². The van der Waals surface area contributed by atoms with E-state index in [0.717, 1.165) is 4.90 Å². The van der Waals surface area contributed by atoms with Gasteiger partial charge in [-0.3, -0.25) is 9.59 Å². The number of hydrogen-bond donors (Lipinski definition) is 2. The summed E-state index contributed by atoms with van der Waals surface area (Å²) in [5.74, 6) is -1.48. The third-order valence-electron chi connectivity index (χ3n) is 4.64. The number of aliphatic hydroxyl groups excluding tert-OH is 1. The van der Waals surface area contributed by atoms with Crippen LogP contribution >= 0.6 is 11.6 Å². The highest BCUT2D eigenvalue weighted by molar-refractivity contribution is 6.47. The van der Waals surface area contributed by atoms with Gasteiger partial charge in [0.1, 0.15) is 5.76 Å². The number of nitrogens with one attached hydrogen (secondary N) is 1. The lowest BCUT2D eigenvalue weighted by Crippen LogP contribution is -3.06. The number of hydrogen-bond acceptors (Lipinski definition) is 3. The number of rotatable bonds is 5. The van der Waals surface area contributed by atoms with Gasteiger partial charge in [-0.1, -0.05) is 60.1 Å². The molecular formula is C21H22ClN2O3+. The van der Waals surface area contributed by atoms with E-state index in [2.05, 4.69) is 0 Å². The number of ketones is 1. The molecule has 0 spiro atoms. The second-order valence-corrected chi connectivity index (χ2v) is 7.24. The molecule has 1 fully saturated rings. The quantitative estimate of drug-likeness (QED) is 0.469. The molecule has 1 atom stereocenters. The first-order chi connectivity index (χ1) is 12.9. The fraction of sp³-hybridized carbons (Fsp3) is 0.238. The molecule has 2 aromatic carbocycles. The highest BCUT2D eigenvalue weighted by Crippen LogP contribution is 2.41. The molecule has 0 aromatic heterocycles. The molecule has 0 unspecified atom stereocenters. The average Bonchev–Trinajstić information content (AvgIpc) is 2.91. The van der Waals surface area contributed by atoms with E-state index in [1.165, 1.54) is 4.90 Å². The van der Waals surface area contributed by atoms with Gasteiger partial charge >= 0.3 is 0 Å². The lowest BCUT2D eigenvalue weighted by Gasteiger charge is -2.26. The number of Topliss-reactive ketones (excluding diaryl/α,β-unsaturated/α-hetero) is 1. The molecule has 5 nitrogen and oxygen atoms in total. The predicted molar refractivity (Wildman–Crippen MR) is 105 cm³/mol. The van der Waals surface area contributed by atoms with Gasteiger partial charge in [0, 0.05) is 10.6 Å². The summed E-state index contributed by atoms with van der Waals surface area (Å²) in [5.41, 5.74) is 1.20. The van der Waals surface area contributed by atoms with Crippen LogP contribution in [0.2, 0.25) is 5.02 Å². The fourth-order valence-electron chi connectivity index (χ4n) is 3.23. The van der Waals surface area contributed by atoms with Crippen LogP contribution in [0.3, 0.4) is 0 Å². The summed E-state index contributed by atoms with van der Waals surface area (Å²) in [4.78, 5) is 28.2. The van der Waals surface area contributed by atoms with Gasteiger partial charge in [-0.2, -0.15) is 0 Å². The molecule has 1 saturated heterocycles. The van der Waals surface area contributed by atoms with Crippen LogP contribution in [-0.4, -0.2) is 48.9 Å². The minimum atomic E-state index is -0.710. The Labute approximate surface area is 163 Å². The summed E-state index contributed by atoms with van der Waals surface area (Å²) in [6.45, 7) is 1.05. The van der Waals surface area contributed by atoms with Gasteiger partial charge in [0.15, 0.2) is 0 Å². The smallest absolute Gasteiger partial charge is 0.295 e. The molecule has 1 amide bonds. The van der Waals surface area contributed by atoms with Crippen molar-refractivity contribution in [3.05, 3.63) is 76.3 Å². The standard InChI is InChI=1S/C21H21ClN2O3/c1-23(2)12-13-24-18(15-10-6-7-11-16(15)22)17(20(26)21(24)27)19(25)14-8-4-3-5-9-14/h3-11,18,25H,12-13H2,1-2H3/p+1/b19-17+/t18-/m0/s1. The van der Waals surface area contributed by atoms with Crippen LogP contribution in [0, 0.1) is 0 Å². The Hall–Kier alpha value is -2.63. The Morgan fingerprint density at radius 1 is 1.07 bits per heavy atom. The van der Waals surface area contributed by atoms with E-state index < -0.39 is 17.7 Å². The van der Waals surface area contributed by atoms with Crippen LogP contribution in [0.1, 0.15) is 17.2 Å². The van der Waals surface area contributed by atoms with Crippen molar-refractivity contribution in [3.8, 4) is 0 Å². The summed E-state index contributed by atoms with van der Waals surface area (Å²) in [7, 11) is 3.95. The second kappa shape index (κ2) is 7.94.